The first-order chi connectivity index (χ1) is 12.4. The topological polar surface area (TPSA) is 136 Å². The van der Waals surface area contributed by atoms with E-state index in [1.165, 1.54) is 0 Å². The Bertz CT molecular complexity index is 807. The first-order valence-corrected chi connectivity index (χ1v) is 8.33. The number of urea groups is 1. The molecule has 1 saturated carbocycles. The van der Waals surface area contributed by atoms with E-state index >= 15 is 0 Å². The molecule has 4 amide bonds. The Balaban J connectivity index is 1.54. The number of carbonyl (C=O) groups excluding carboxylic acids is 3. The van der Waals surface area contributed by atoms with E-state index in [1.807, 2.05) is 0 Å². The summed E-state index contributed by atoms with van der Waals surface area (Å²) < 4.78 is 0. The van der Waals surface area contributed by atoms with Crippen LogP contribution in [0.15, 0.2) is 29.4 Å². The molecule has 26 heavy (non-hydrogen) atoms. The number of anilines is 1. The molecule has 1 atom stereocenters. The van der Waals surface area contributed by atoms with Crippen molar-refractivity contribution in [2.75, 3.05) is 12.0 Å². The van der Waals surface area contributed by atoms with Gasteiger partial charge in [-0.15, -0.1) is 0 Å². The number of hydrogen-bond acceptors (Lipinski definition) is 6. The monoisotopic (exact) mass is 376 g/mol. The number of rotatable bonds is 7. The Kier molecular flexibility index (Phi) is 4.90. The minimum atomic E-state index is -1.14. The minimum Gasteiger partial charge on any atom is -0.348 e. The maximum atomic E-state index is 12.1. The van der Waals surface area contributed by atoms with E-state index in [0.29, 0.717) is 10.7 Å². The SMILES string of the molecule is N=C(/C=N\Nc1cccc(Cl)c1)C(=O)NC[C@@]1(C2CC2)NC(=O)NC1=O. The average Bonchev–Trinajstić information content (AvgIpc) is 3.39. The normalized spacial score (nSPS) is 22.0. The van der Waals surface area contributed by atoms with Gasteiger partial charge in [0.15, 0.2) is 0 Å². The van der Waals surface area contributed by atoms with Crippen molar-refractivity contribution in [2.45, 2.75) is 18.4 Å². The van der Waals surface area contributed by atoms with Crippen LogP contribution >= 0.6 is 11.6 Å². The summed E-state index contributed by atoms with van der Waals surface area (Å²) in [6.45, 7) is -0.0774. The van der Waals surface area contributed by atoms with E-state index in [0.717, 1.165) is 19.1 Å². The lowest BCUT2D eigenvalue weighted by Gasteiger charge is -2.25. The summed E-state index contributed by atoms with van der Waals surface area (Å²) in [4.78, 5) is 35.6. The highest BCUT2D eigenvalue weighted by molar-refractivity contribution is 6.59. The van der Waals surface area contributed by atoms with Crippen LogP contribution in [0.2, 0.25) is 5.02 Å². The molecule has 1 aromatic carbocycles. The molecular weight excluding hydrogens is 360 g/mol. The van der Waals surface area contributed by atoms with Gasteiger partial charge in [0, 0.05) is 5.02 Å². The summed E-state index contributed by atoms with van der Waals surface area (Å²) in [7, 11) is 0. The lowest BCUT2D eigenvalue weighted by Crippen LogP contribution is -2.57. The first kappa shape index (κ1) is 17.9. The van der Waals surface area contributed by atoms with Crippen molar-refractivity contribution < 1.29 is 14.4 Å². The van der Waals surface area contributed by atoms with Crippen LogP contribution in [0.4, 0.5) is 10.5 Å². The number of benzene rings is 1. The molecule has 3 rings (SSSR count). The second kappa shape index (κ2) is 7.12. The van der Waals surface area contributed by atoms with Gasteiger partial charge < -0.3 is 10.6 Å². The van der Waals surface area contributed by atoms with Crippen LogP contribution in [0.1, 0.15) is 12.8 Å². The van der Waals surface area contributed by atoms with Crippen LogP contribution in [-0.4, -0.2) is 41.9 Å². The van der Waals surface area contributed by atoms with Crippen molar-refractivity contribution >= 4 is 47.1 Å². The quantitative estimate of drug-likeness (QED) is 0.274. The molecule has 1 aromatic rings. The molecule has 0 aromatic heterocycles. The van der Waals surface area contributed by atoms with Gasteiger partial charge in [-0.3, -0.25) is 25.7 Å². The molecule has 1 saturated heterocycles. The average molecular weight is 377 g/mol. The summed E-state index contributed by atoms with van der Waals surface area (Å²) in [5.74, 6) is -1.16. The molecule has 2 fully saturated rings. The number of nitrogens with zero attached hydrogens (tertiary/aromatic N) is 1. The van der Waals surface area contributed by atoms with Crippen LogP contribution in [0.5, 0.6) is 0 Å². The third kappa shape index (κ3) is 3.83. The van der Waals surface area contributed by atoms with E-state index < -0.39 is 29.1 Å². The molecule has 1 aliphatic carbocycles. The number of hydrazone groups is 1. The van der Waals surface area contributed by atoms with Gasteiger partial charge in [0.2, 0.25) is 0 Å². The molecule has 10 heteroatoms. The van der Waals surface area contributed by atoms with Gasteiger partial charge in [0.25, 0.3) is 11.8 Å². The fourth-order valence-corrected chi connectivity index (χ4v) is 2.93. The third-order valence-electron chi connectivity index (χ3n) is 4.23. The summed E-state index contributed by atoms with van der Waals surface area (Å²) in [6.07, 6.45) is 2.64. The predicted octanol–water partition coefficient (Wildman–Crippen LogP) is 0.862. The van der Waals surface area contributed by atoms with Crippen molar-refractivity contribution in [2.24, 2.45) is 11.0 Å². The zero-order chi connectivity index (χ0) is 18.7. The molecule has 2 aliphatic rings. The molecule has 0 spiro atoms. The molecule has 136 valence electrons. The Labute approximate surface area is 154 Å². The van der Waals surface area contributed by atoms with Gasteiger partial charge in [0.1, 0.15) is 11.3 Å². The van der Waals surface area contributed by atoms with Gasteiger partial charge >= 0.3 is 6.03 Å². The molecule has 0 radical (unpaired) electrons. The van der Waals surface area contributed by atoms with E-state index in [4.69, 9.17) is 17.0 Å². The number of hydrogen-bond donors (Lipinski definition) is 5. The summed E-state index contributed by atoms with van der Waals surface area (Å²) >= 11 is 5.85. The van der Waals surface area contributed by atoms with Crippen LogP contribution in [0.25, 0.3) is 0 Å². The lowest BCUT2D eigenvalue weighted by atomic mass is 9.93. The first-order valence-electron chi connectivity index (χ1n) is 7.96. The highest BCUT2D eigenvalue weighted by Crippen LogP contribution is 2.40. The van der Waals surface area contributed by atoms with Crippen LogP contribution < -0.4 is 21.4 Å². The lowest BCUT2D eigenvalue weighted by molar-refractivity contribution is -0.125. The molecule has 0 unspecified atom stereocenters. The number of imide groups is 1. The molecule has 5 N–H and O–H groups in total. The zero-order valence-corrected chi connectivity index (χ0v) is 14.4. The van der Waals surface area contributed by atoms with Gasteiger partial charge in [-0.05, 0) is 37.0 Å². The summed E-state index contributed by atoms with van der Waals surface area (Å²) in [5, 5.41) is 19.4. The van der Waals surface area contributed by atoms with Crippen molar-refractivity contribution in [3.05, 3.63) is 29.3 Å². The summed E-state index contributed by atoms with van der Waals surface area (Å²) in [5.41, 5.74) is 1.74. The number of amides is 4. The highest BCUT2D eigenvalue weighted by Gasteiger charge is 2.56. The standard InChI is InChI=1S/C16H17ClN6O3/c17-10-2-1-3-11(6-10)23-20-7-12(18)13(24)19-8-16(9-4-5-9)14(25)21-15(26)22-16/h1-3,6-7,9,18,23H,4-5,8H2,(H,19,24)(H2,21,22,25,26)/b18-12?,20-7-/t16-/m0/s1. The van der Waals surface area contributed by atoms with E-state index in [-0.39, 0.29) is 12.5 Å². The van der Waals surface area contributed by atoms with Gasteiger partial charge in [-0.2, -0.15) is 5.10 Å². The Morgan fingerprint density at radius 2 is 2.19 bits per heavy atom. The van der Waals surface area contributed by atoms with Crippen molar-refractivity contribution in [1.82, 2.24) is 16.0 Å². The second-order valence-electron chi connectivity index (χ2n) is 6.13. The van der Waals surface area contributed by atoms with Crippen molar-refractivity contribution in [1.29, 1.82) is 5.41 Å². The minimum absolute atomic E-state index is 0.0124. The van der Waals surface area contributed by atoms with Gasteiger partial charge in [-0.25, -0.2) is 4.79 Å². The maximum absolute atomic E-state index is 12.1. The second-order valence-corrected chi connectivity index (χ2v) is 6.57. The number of nitrogens with one attached hydrogen (secondary N) is 5. The Hall–Kier alpha value is -2.94. The Morgan fingerprint density at radius 1 is 1.42 bits per heavy atom. The molecule has 1 aliphatic heterocycles. The van der Waals surface area contributed by atoms with E-state index in [2.05, 4.69) is 26.5 Å². The van der Waals surface area contributed by atoms with Crippen LogP contribution in [0, 0.1) is 11.3 Å². The van der Waals surface area contributed by atoms with Crippen molar-refractivity contribution in [3.8, 4) is 0 Å². The zero-order valence-electron chi connectivity index (χ0n) is 13.6. The highest BCUT2D eigenvalue weighted by atomic mass is 35.5. The fourth-order valence-electron chi connectivity index (χ4n) is 2.74. The largest absolute Gasteiger partial charge is 0.348 e. The summed E-state index contributed by atoms with van der Waals surface area (Å²) in [6, 6.07) is 6.24. The van der Waals surface area contributed by atoms with Crippen LogP contribution in [-0.2, 0) is 9.59 Å². The Morgan fingerprint density at radius 3 is 2.81 bits per heavy atom. The molecular formula is C16H17ClN6O3. The third-order valence-corrected chi connectivity index (χ3v) is 4.46. The maximum Gasteiger partial charge on any atom is 0.322 e. The number of carbonyl (C=O) groups is 3. The van der Waals surface area contributed by atoms with E-state index in [1.54, 1.807) is 24.3 Å². The molecule has 0 bridgehead atoms. The smallest absolute Gasteiger partial charge is 0.322 e. The molecule has 9 nitrogen and oxygen atoms in total. The fraction of sp³-hybridized carbons (Fsp3) is 0.312. The van der Waals surface area contributed by atoms with Crippen molar-refractivity contribution in [3.63, 3.8) is 0 Å². The molecule has 1 heterocycles. The van der Waals surface area contributed by atoms with E-state index in [9.17, 15) is 14.4 Å². The van der Waals surface area contributed by atoms with Gasteiger partial charge in [0.05, 0.1) is 18.4 Å². The predicted molar refractivity (Wildman–Crippen MR) is 96.4 cm³/mol. The van der Waals surface area contributed by atoms with Gasteiger partial charge in [-0.1, -0.05) is 17.7 Å². The van der Waals surface area contributed by atoms with Crippen LogP contribution in [0.3, 0.4) is 0 Å². The number of halogens is 1.